The normalized spacial score (nSPS) is 20.6. The number of rotatable bonds is 11. The van der Waals surface area contributed by atoms with Gasteiger partial charge in [-0.25, -0.2) is 9.59 Å². The highest BCUT2D eigenvalue weighted by Crippen LogP contribution is 2.43. The molecule has 2 amide bonds. The summed E-state index contributed by atoms with van der Waals surface area (Å²) in [6, 6.07) is 0.171. The lowest BCUT2D eigenvalue weighted by molar-refractivity contribution is -0.139. The fourth-order valence-corrected chi connectivity index (χ4v) is 7.59. The van der Waals surface area contributed by atoms with Crippen molar-refractivity contribution in [2.24, 2.45) is 11.5 Å². The second kappa shape index (κ2) is 13.7. The van der Waals surface area contributed by atoms with Crippen molar-refractivity contribution in [2.75, 3.05) is 27.9 Å². The number of urea groups is 1. The third-order valence-corrected chi connectivity index (χ3v) is 9.56. The van der Waals surface area contributed by atoms with Crippen molar-refractivity contribution < 1.29 is 27.9 Å². The van der Waals surface area contributed by atoms with Crippen LogP contribution in [0, 0.1) is 0 Å². The molecule has 1 rings (SSSR count). The standard InChI is InChI=1S/C18H34O5Si.CH4N2O/c1-16(2)17(19)23-14-10-7-6-8-12-18(20-3)13-9-11-15-24(18,21-4)22-5;2-1(3)4/h1,6-15H2,2-5H3;(H4,2,3,4). The molecule has 1 aliphatic heterocycles. The van der Waals surface area contributed by atoms with E-state index in [-0.39, 0.29) is 11.2 Å². The van der Waals surface area contributed by atoms with Crippen molar-refractivity contribution in [3.05, 3.63) is 12.2 Å². The number of amides is 2. The maximum absolute atomic E-state index is 11.3. The highest BCUT2D eigenvalue weighted by atomic mass is 28.4. The summed E-state index contributed by atoms with van der Waals surface area (Å²) in [7, 11) is 3.02. The molecule has 9 heteroatoms. The van der Waals surface area contributed by atoms with Crippen molar-refractivity contribution in [3.63, 3.8) is 0 Å². The Balaban J connectivity index is 0.00000165. The first-order valence-electron chi connectivity index (χ1n) is 9.73. The first kappa shape index (κ1) is 26.6. The van der Waals surface area contributed by atoms with Crippen LogP contribution in [0.4, 0.5) is 4.79 Å². The van der Waals surface area contributed by atoms with E-state index in [0.29, 0.717) is 12.2 Å². The number of methoxy groups -OCH3 is 1. The lowest BCUT2D eigenvalue weighted by Gasteiger charge is -2.48. The third kappa shape index (κ3) is 8.30. The summed E-state index contributed by atoms with van der Waals surface area (Å²) in [6.45, 7) is 5.71. The summed E-state index contributed by atoms with van der Waals surface area (Å²) in [5.74, 6) is -0.300. The Labute approximate surface area is 170 Å². The molecule has 1 fully saturated rings. The number of unbranched alkanes of at least 4 members (excludes halogenated alkanes) is 3. The zero-order valence-corrected chi connectivity index (χ0v) is 18.9. The van der Waals surface area contributed by atoms with Gasteiger partial charge in [0.05, 0.1) is 6.61 Å². The number of primary amides is 2. The van der Waals surface area contributed by atoms with E-state index < -0.39 is 14.6 Å². The van der Waals surface area contributed by atoms with E-state index in [1.807, 2.05) is 0 Å². The number of ether oxygens (including phenoxy) is 2. The average Bonchev–Trinajstić information content (AvgIpc) is 2.66. The van der Waals surface area contributed by atoms with Gasteiger partial charge in [0, 0.05) is 26.9 Å². The predicted octanol–water partition coefficient (Wildman–Crippen LogP) is 2.92. The van der Waals surface area contributed by atoms with Crippen LogP contribution in [0.3, 0.4) is 0 Å². The predicted molar refractivity (Wildman–Crippen MR) is 111 cm³/mol. The molecule has 0 bridgehead atoms. The molecule has 0 radical (unpaired) electrons. The van der Waals surface area contributed by atoms with E-state index in [0.717, 1.165) is 51.0 Å². The molecule has 8 nitrogen and oxygen atoms in total. The van der Waals surface area contributed by atoms with Crippen molar-refractivity contribution >= 4 is 20.6 Å². The van der Waals surface area contributed by atoms with Gasteiger partial charge >= 0.3 is 20.6 Å². The van der Waals surface area contributed by atoms with Crippen LogP contribution in [0.15, 0.2) is 12.2 Å². The topological polar surface area (TPSA) is 123 Å². The Hall–Kier alpha value is -1.42. The Kier molecular flexibility index (Phi) is 13.0. The van der Waals surface area contributed by atoms with Crippen molar-refractivity contribution in [1.82, 2.24) is 0 Å². The molecule has 0 aromatic heterocycles. The summed E-state index contributed by atoms with van der Waals surface area (Å²) >= 11 is 0. The van der Waals surface area contributed by atoms with E-state index in [4.69, 9.17) is 23.1 Å². The number of nitrogens with two attached hydrogens (primary N) is 2. The van der Waals surface area contributed by atoms with Crippen molar-refractivity contribution in [2.45, 2.75) is 69.6 Å². The Bertz CT molecular complexity index is 495. The molecule has 0 aromatic rings. The first-order chi connectivity index (χ1) is 13.2. The van der Waals surface area contributed by atoms with Gasteiger partial charge in [-0.3, -0.25) is 0 Å². The summed E-state index contributed by atoms with van der Waals surface area (Å²) in [5, 5.41) is -0.235. The van der Waals surface area contributed by atoms with E-state index in [9.17, 15) is 4.79 Å². The summed E-state index contributed by atoms with van der Waals surface area (Å²) < 4.78 is 22.9. The van der Waals surface area contributed by atoms with Gasteiger partial charge in [0.25, 0.3) is 0 Å². The summed E-state index contributed by atoms with van der Waals surface area (Å²) in [4.78, 5) is 20.3. The quantitative estimate of drug-likeness (QED) is 0.230. The van der Waals surface area contributed by atoms with Crippen LogP contribution in [0.5, 0.6) is 0 Å². The second-order valence-electron chi connectivity index (χ2n) is 7.05. The molecule has 1 atom stereocenters. The molecule has 1 aliphatic rings. The third-order valence-electron chi connectivity index (χ3n) is 5.14. The van der Waals surface area contributed by atoms with Gasteiger partial charge in [0.1, 0.15) is 5.22 Å². The first-order valence-corrected chi connectivity index (χ1v) is 11.8. The Morgan fingerprint density at radius 1 is 1.04 bits per heavy atom. The second-order valence-corrected chi connectivity index (χ2v) is 10.8. The largest absolute Gasteiger partial charge is 0.462 e. The molecule has 1 saturated heterocycles. The fraction of sp³-hybridized carbons (Fsp3) is 0.789. The van der Waals surface area contributed by atoms with Crippen LogP contribution in [-0.4, -0.2) is 53.7 Å². The van der Waals surface area contributed by atoms with Crippen LogP contribution in [0.2, 0.25) is 6.04 Å². The Morgan fingerprint density at radius 2 is 1.61 bits per heavy atom. The van der Waals surface area contributed by atoms with Crippen LogP contribution in [0.1, 0.15) is 58.3 Å². The summed E-state index contributed by atoms with van der Waals surface area (Å²) in [6.07, 6.45) is 8.42. The van der Waals surface area contributed by atoms with Crippen molar-refractivity contribution in [3.8, 4) is 0 Å². The van der Waals surface area contributed by atoms with Gasteiger partial charge in [-0.1, -0.05) is 38.7 Å². The van der Waals surface area contributed by atoms with Crippen LogP contribution in [-0.2, 0) is 23.1 Å². The minimum atomic E-state index is -2.31. The lowest BCUT2D eigenvalue weighted by Crippen LogP contribution is -2.64. The van der Waals surface area contributed by atoms with Gasteiger partial charge in [-0.15, -0.1) is 0 Å². The smallest absolute Gasteiger partial charge is 0.370 e. The SMILES string of the molecule is C=C(C)C(=O)OCCCCCCC1(OC)CCCC[Si]1(OC)OC.NC(N)=O. The molecule has 1 unspecified atom stereocenters. The van der Waals surface area contributed by atoms with Crippen molar-refractivity contribution in [1.29, 1.82) is 0 Å². The highest BCUT2D eigenvalue weighted by Gasteiger charge is 2.58. The zero-order chi connectivity index (χ0) is 21.6. The van der Waals surface area contributed by atoms with Gasteiger partial charge in [-0.05, 0) is 32.2 Å². The molecule has 0 aromatic carbocycles. The fourth-order valence-electron chi connectivity index (χ4n) is 3.68. The molecule has 4 N–H and O–H groups in total. The average molecular weight is 419 g/mol. The minimum Gasteiger partial charge on any atom is -0.462 e. The number of carbonyl (C=O) groups is 2. The lowest BCUT2D eigenvalue weighted by atomic mass is 10.0. The van der Waals surface area contributed by atoms with E-state index in [1.54, 1.807) is 28.3 Å². The summed E-state index contributed by atoms with van der Waals surface area (Å²) in [5.41, 5.74) is 8.95. The number of esters is 1. The van der Waals surface area contributed by atoms with E-state index in [1.165, 1.54) is 6.42 Å². The van der Waals surface area contributed by atoms with E-state index in [2.05, 4.69) is 18.0 Å². The highest BCUT2D eigenvalue weighted by molar-refractivity contribution is 6.70. The van der Waals surface area contributed by atoms with Crippen LogP contribution >= 0.6 is 0 Å². The zero-order valence-electron chi connectivity index (χ0n) is 17.9. The molecule has 0 saturated carbocycles. The molecular formula is C19H38N2O6Si. The maximum Gasteiger partial charge on any atom is 0.370 e. The van der Waals surface area contributed by atoms with Gasteiger partial charge in [-0.2, -0.15) is 0 Å². The van der Waals surface area contributed by atoms with E-state index >= 15 is 0 Å². The van der Waals surface area contributed by atoms with Crippen LogP contribution < -0.4 is 11.5 Å². The molecule has 1 heterocycles. The molecule has 28 heavy (non-hydrogen) atoms. The Morgan fingerprint density at radius 3 is 2.11 bits per heavy atom. The molecule has 164 valence electrons. The van der Waals surface area contributed by atoms with Gasteiger partial charge < -0.3 is 29.8 Å². The minimum absolute atomic E-state index is 0.235. The number of hydrogen-bond donors (Lipinski definition) is 2. The number of carbonyl (C=O) groups excluding carboxylic acids is 2. The molecule has 0 spiro atoms. The monoisotopic (exact) mass is 418 g/mol. The van der Waals surface area contributed by atoms with Crippen LogP contribution in [0.25, 0.3) is 0 Å². The molecule has 0 aliphatic carbocycles. The van der Waals surface area contributed by atoms with Gasteiger partial charge in [0.15, 0.2) is 0 Å². The maximum atomic E-state index is 11.3. The number of hydrogen-bond acceptors (Lipinski definition) is 6. The molecular weight excluding hydrogens is 380 g/mol. The van der Waals surface area contributed by atoms with Gasteiger partial charge in [0.2, 0.25) is 0 Å².